The Hall–Kier alpha value is -1.24. The van der Waals surface area contributed by atoms with E-state index in [0.29, 0.717) is 12.6 Å². The number of benzene rings is 1. The van der Waals surface area contributed by atoms with Crippen LogP contribution in [0.15, 0.2) is 24.3 Å². The molecule has 1 heterocycles. The maximum Gasteiger partial charge on any atom is 0.387 e. The summed E-state index contributed by atoms with van der Waals surface area (Å²) in [6.07, 6.45) is 1.06. The quantitative estimate of drug-likeness (QED) is 0.871. The summed E-state index contributed by atoms with van der Waals surface area (Å²) in [6.45, 7) is -0.646. The van der Waals surface area contributed by atoms with Crippen LogP contribution in [-0.2, 0) is 0 Å². The Morgan fingerprint density at radius 2 is 2.10 bits per heavy atom. The van der Waals surface area contributed by atoms with Gasteiger partial charge in [0.05, 0.1) is 6.04 Å². The third-order valence-corrected chi connectivity index (χ3v) is 4.08. The Labute approximate surface area is 124 Å². The van der Waals surface area contributed by atoms with Crippen molar-refractivity contribution in [1.82, 2.24) is 9.80 Å². The first kappa shape index (κ1) is 16.1. The van der Waals surface area contributed by atoms with Crippen molar-refractivity contribution in [3.8, 4) is 5.75 Å². The average molecular weight is 299 g/mol. The summed E-state index contributed by atoms with van der Waals surface area (Å²) in [5, 5.41) is 0. The first-order valence-electron chi connectivity index (χ1n) is 7.17. The lowest BCUT2D eigenvalue weighted by atomic mass is 10.0. The van der Waals surface area contributed by atoms with Crippen molar-refractivity contribution in [1.29, 1.82) is 0 Å². The van der Waals surface area contributed by atoms with Gasteiger partial charge in [-0.05, 0) is 26.6 Å². The molecule has 1 fully saturated rings. The standard InChI is InChI=1S/C15H23F2N3O/c1-19(2)11-7-8-20(10-11)13(9-18)12-5-3-4-6-14(12)21-15(16)17/h3-6,11,13,15H,7-10,18H2,1-2H3. The molecule has 2 rings (SSSR count). The minimum absolute atomic E-state index is 0.0927. The first-order chi connectivity index (χ1) is 10.0. The maximum atomic E-state index is 12.5. The van der Waals surface area contributed by atoms with Crippen LogP contribution in [0.3, 0.4) is 0 Å². The zero-order chi connectivity index (χ0) is 15.4. The molecule has 0 aromatic heterocycles. The van der Waals surface area contributed by atoms with E-state index in [9.17, 15) is 8.78 Å². The number of hydrogen-bond donors (Lipinski definition) is 1. The third kappa shape index (κ3) is 3.90. The number of hydrogen-bond acceptors (Lipinski definition) is 4. The van der Waals surface area contributed by atoms with Gasteiger partial charge in [0, 0.05) is 31.2 Å². The fraction of sp³-hybridized carbons (Fsp3) is 0.600. The Balaban J connectivity index is 2.18. The lowest BCUT2D eigenvalue weighted by molar-refractivity contribution is -0.0511. The summed E-state index contributed by atoms with van der Waals surface area (Å²) in [4.78, 5) is 4.44. The second-order valence-corrected chi connectivity index (χ2v) is 5.57. The highest BCUT2D eigenvalue weighted by Crippen LogP contribution is 2.32. The minimum Gasteiger partial charge on any atom is -0.434 e. The van der Waals surface area contributed by atoms with Crippen molar-refractivity contribution in [2.45, 2.75) is 25.1 Å². The molecule has 0 spiro atoms. The minimum atomic E-state index is -2.82. The normalized spacial score (nSPS) is 21.2. The van der Waals surface area contributed by atoms with E-state index in [4.69, 9.17) is 5.73 Å². The van der Waals surface area contributed by atoms with Crippen LogP contribution in [0.2, 0.25) is 0 Å². The topological polar surface area (TPSA) is 41.7 Å². The van der Waals surface area contributed by atoms with Crippen LogP contribution in [0, 0.1) is 0 Å². The molecule has 1 aromatic carbocycles. The fourth-order valence-electron chi connectivity index (χ4n) is 2.90. The molecule has 118 valence electrons. The van der Waals surface area contributed by atoms with Gasteiger partial charge < -0.3 is 15.4 Å². The number of likely N-dealkylation sites (N-methyl/N-ethyl adjacent to an activating group) is 1. The van der Waals surface area contributed by atoms with Gasteiger partial charge in [0.1, 0.15) is 5.75 Å². The van der Waals surface area contributed by atoms with E-state index < -0.39 is 6.61 Å². The Morgan fingerprint density at radius 3 is 2.67 bits per heavy atom. The number of halogens is 2. The lowest BCUT2D eigenvalue weighted by Crippen LogP contribution is -2.36. The number of likely N-dealkylation sites (tertiary alicyclic amines) is 1. The van der Waals surface area contributed by atoms with Gasteiger partial charge in [0.15, 0.2) is 0 Å². The summed E-state index contributed by atoms with van der Waals surface area (Å²) in [7, 11) is 4.11. The first-order valence-corrected chi connectivity index (χ1v) is 7.17. The molecule has 2 unspecified atom stereocenters. The molecule has 2 N–H and O–H groups in total. The Bertz CT molecular complexity index is 456. The molecule has 21 heavy (non-hydrogen) atoms. The third-order valence-electron chi connectivity index (χ3n) is 4.08. The molecule has 2 atom stereocenters. The summed E-state index contributed by atoms with van der Waals surface area (Å²) >= 11 is 0. The van der Waals surface area contributed by atoms with Crippen molar-refractivity contribution >= 4 is 0 Å². The second kappa shape index (κ2) is 7.15. The Morgan fingerprint density at radius 1 is 1.38 bits per heavy atom. The summed E-state index contributed by atoms with van der Waals surface area (Å²) < 4.78 is 29.7. The number of rotatable bonds is 6. The molecule has 0 amide bonds. The fourth-order valence-corrected chi connectivity index (χ4v) is 2.90. The maximum absolute atomic E-state index is 12.5. The van der Waals surface area contributed by atoms with E-state index in [0.717, 1.165) is 25.1 Å². The van der Waals surface area contributed by atoms with Gasteiger partial charge in [-0.3, -0.25) is 4.90 Å². The van der Waals surface area contributed by atoms with Crippen LogP contribution in [0.1, 0.15) is 18.0 Å². The molecular weight excluding hydrogens is 276 g/mol. The van der Waals surface area contributed by atoms with E-state index in [1.54, 1.807) is 12.1 Å². The zero-order valence-corrected chi connectivity index (χ0v) is 12.5. The van der Waals surface area contributed by atoms with Gasteiger partial charge in [0.2, 0.25) is 0 Å². The van der Waals surface area contributed by atoms with Crippen molar-refractivity contribution in [2.75, 3.05) is 33.7 Å². The van der Waals surface area contributed by atoms with Crippen molar-refractivity contribution in [3.05, 3.63) is 29.8 Å². The Kier molecular flexibility index (Phi) is 5.50. The number of nitrogens with two attached hydrogens (primary N) is 1. The van der Waals surface area contributed by atoms with Crippen molar-refractivity contribution in [3.63, 3.8) is 0 Å². The largest absolute Gasteiger partial charge is 0.434 e. The molecular formula is C15H23F2N3O. The predicted octanol–water partition coefficient (Wildman–Crippen LogP) is 1.92. The molecule has 6 heteroatoms. The van der Waals surface area contributed by atoms with Gasteiger partial charge in [-0.25, -0.2) is 0 Å². The molecule has 0 bridgehead atoms. The SMILES string of the molecule is CN(C)C1CCN(C(CN)c2ccccc2OC(F)F)C1. The highest BCUT2D eigenvalue weighted by atomic mass is 19.3. The van der Waals surface area contributed by atoms with Crippen molar-refractivity contribution in [2.24, 2.45) is 5.73 Å². The zero-order valence-electron chi connectivity index (χ0n) is 12.5. The van der Waals surface area contributed by atoms with Crippen LogP contribution in [0.5, 0.6) is 5.75 Å². The average Bonchev–Trinajstić information content (AvgIpc) is 2.91. The van der Waals surface area contributed by atoms with Gasteiger partial charge in [-0.2, -0.15) is 8.78 Å². The molecule has 1 saturated heterocycles. The van der Waals surface area contributed by atoms with Crippen molar-refractivity contribution < 1.29 is 13.5 Å². The molecule has 0 aliphatic carbocycles. The van der Waals surface area contributed by atoms with Crippen LogP contribution in [0.4, 0.5) is 8.78 Å². The van der Waals surface area contributed by atoms with E-state index in [-0.39, 0.29) is 11.8 Å². The molecule has 0 radical (unpaired) electrons. The predicted molar refractivity (Wildman–Crippen MR) is 78.5 cm³/mol. The van der Waals surface area contributed by atoms with Crippen LogP contribution in [0.25, 0.3) is 0 Å². The number of para-hydroxylation sites is 1. The van der Waals surface area contributed by atoms with E-state index >= 15 is 0 Å². The second-order valence-electron chi connectivity index (χ2n) is 5.57. The highest BCUT2D eigenvalue weighted by Gasteiger charge is 2.31. The molecule has 1 aromatic rings. The highest BCUT2D eigenvalue weighted by molar-refractivity contribution is 5.36. The van der Waals surface area contributed by atoms with E-state index in [1.807, 2.05) is 12.1 Å². The summed E-state index contributed by atoms with van der Waals surface area (Å²) in [5.41, 5.74) is 6.64. The smallest absolute Gasteiger partial charge is 0.387 e. The molecule has 1 aliphatic heterocycles. The molecule has 4 nitrogen and oxygen atoms in total. The number of alkyl halides is 2. The van der Waals surface area contributed by atoms with Gasteiger partial charge >= 0.3 is 6.61 Å². The van der Waals surface area contributed by atoms with Gasteiger partial charge in [0.25, 0.3) is 0 Å². The van der Waals surface area contributed by atoms with E-state index in [1.165, 1.54) is 0 Å². The lowest BCUT2D eigenvalue weighted by Gasteiger charge is -2.29. The molecule has 1 aliphatic rings. The monoisotopic (exact) mass is 299 g/mol. The molecule has 0 saturated carbocycles. The number of nitrogens with zero attached hydrogens (tertiary/aromatic N) is 2. The number of ether oxygens (including phenoxy) is 1. The van der Waals surface area contributed by atoms with Crippen LogP contribution in [-0.4, -0.2) is 56.2 Å². The van der Waals surface area contributed by atoms with Gasteiger partial charge in [-0.15, -0.1) is 0 Å². The van der Waals surface area contributed by atoms with Gasteiger partial charge in [-0.1, -0.05) is 18.2 Å². The van der Waals surface area contributed by atoms with Crippen LogP contribution >= 0.6 is 0 Å². The summed E-state index contributed by atoms with van der Waals surface area (Å²) in [6, 6.07) is 7.30. The van der Waals surface area contributed by atoms with Crippen LogP contribution < -0.4 is 10.5 Å². The summed E-state index contributed by atoms with van der Waals surface area (Å²) in [5.74, 6) is 0.219. The van der Waals surface area contributed by atoms with E-state index in [2.05, 4.69) is 28.6 Å².